The number of allylic oxidation sites excluding steroid dienone is 2. The van der Waals surface area contributed by atoms with Crippen LogP contribution in [0.1, 0.15) is 69.0 Å². The zero-order valence-corrected chi connectivity index (χ0v) is 26.1. The van der Waals surface area contributed by atoms with Crippen LogP contribution in [0, 0.1) is 0 Å². The van der Waals surface area contributed by atoms with E-state index in [2.05, 4.69) is 87.9 Å². The van der Waals surface area contributed by atoms with E-state index in [9.17, 15) is 0 Å². The molecule has 0 amide bonds. The summed E-state index contributed by atoms with van der Waals surface area (Å²) in [6.07, 6.45) is 13.6. The van der Waals surface area contributed by atoms with Crippen LogP contribution in [0.25, 0.3) is 12.2 Å². The van der Waals surface area contributed by atoms with Gasteiger partial charge in [0.1, 0.15) is 0 Å². The minimum absolute atomic E-state index is 0. The molecule has 0 fully saturated rings. The first kappa shape index (κ1) is 29.5. The summed E-state index contributed by atoms with van der Waals surface area (Å²) >= 11 is -0.751. The monoisotopic (exact) mass is 594 g/mol. The normalized spacial score (nSPS) is 18.1. The molecule has 0 saturated carbocycles. The Morgan fingerprint density at radius 1 is 0.697 bits per heavy atom. The average molecular weight is 597 g/mol. The molecule has 0 nitrogen and oxygen atoms in total. The fraction of sp³-hybridized carbons (Fsp3) is 0.429. The third kappa shape index (κ3) is 6.72. The first-order valence-corrected chi connectivity index (χ1v) is 18.7. The Balaban J connectivity index is 0.00000193. The molecular weight excluding hydrogens is 560 g/mol. The molecule has 2 aromatic carbocycles. The molecule has 33 heavy (non-hydrogen) atoms. The SMILES string of the molecule is CCCCP(CCCC)C1=Cc2ccccc2[CH]1[Zr+2][CH]1C(P(C)C)=Cc2ccccc21.[Cl-].[Cl-]. The summed E-state index contributed by atoms with van der Waals surface area (Å²) in [5.74, 6) is 0. The maximum atomic E-state index is 2.66. The molecule has 2 aliphatic rings. The molecule has 0 bridgehead atoms. The van der Waals surface area contributed by atoms with Gasteiger partial charge in [0.15, 0.2) is 0 Å². The van der Waals surface area contributed by atoms with Gasteiger partial charge in [0, 0.05) is 0 Å². The van der Waals surface area contributed by atoms with Crippen molar-refractivity contribution in [2.45, 2.75) is 46.8 Å². The van der Waals surface area contributed by atoms with Crippen LogP contribution in [0.4, 0.5) is 0 Å². The van der Waals surface area contributed by atoms with Crippen molar-refractivity contribution >= 4 is 28.0 Å². The zero-order valence-electron chi connectivity index (χ0n) is 20.3. The van der Waals surface area contributed by atoms with Gasteiger partial charge >= 0.3 is 205 Å². The van der Waals surface area contributed by atoms with Gasteiger partial charge in [0.25, 0.3) is 0 Å². The summed E-state index contributed by atoms with van der Waals surface area (Å²) in [6, 6.07) is 18.6. The van der Waals surface area contributed by atoms with Gasteiger partial charge in [-0.25, -0.2) is 0 Å². The van der Waals surface area contributed by atoms with Crippen LogP contribution in [0.2, 0.25) is 0 Å². The molecule has 0 N–H and O–H groups in total. The predicted octanol–water partition coefficient (Wildman–Crippen LogP) is 3.09. The van der Waals surface area contributed by atoms with E-state index < -0.39 is 23.2 Å². The van der Waals surface area contributed by atoms with Gasteiger partial charge in [-0.1, -0.05) is 0 Å². The predicted molar refractivity (Wildman–Crippen MR) is 140 cm³/mol. The fourth-order valence-electron chi connectivity index (χ4n) is 4.86. The number of unbranched alkanes of at least 4 members (excludes halogenated alkanes) is 2. The van der Waals surface area contributed by atoms with Gasteiger partial charge in [-0.15, -0.1) is 0 Å². The van der Waals surface area contributed by atoms with Gasteiger partial charge < -0.3 is 24.8 Å². The summed E-state index contributed by atoms with van der Waals surface area (Å²) in [5, 5.41) is 3.66. The molecule has 0 radical (unpaired) electrons. The van der Waals surface area contributed by atoms with E-state index in [1.54, 1.807) is 16.4 Å². The van der Waals surface area contributed by atoms with E-state index in [0.717, 1.165) is 7.25 Å². The van der Waals surface area contributed by atoms with Crippen molar-refractivity contribution in [1.29, 1.82) is 0 Å². The Bertz CT molecular complexity index is 962. The third-order valence-electron chi connectivity index (χ3n) is 6.59. The number of hydrogen-bond donors (Lipinski definition) is 0. The second kappa shape index (κ2) is 14.1. The minimum atomic E-state index is -0.751. The first-order chi connectivity index (χ1) is 15.1. The molecule has 0 heterocycles. The fourth-order valence-corrected chi connectivity index (χ4v) is 17.3. The molecule has 2 aliphatic carbocycles. The molecule has 4 rings (SSSR count). The van der Waals surface area contributed by atoms with Gasteiger partial charge in [-0.2, -0.15) is 0 Å². The Labute approximate surface area is 228 Å². The molecule has 0 aliphatic heterocycles. The molecule has 0 spiro atoms. The van der Waals surface area contributed by atoms with Crippen molar-refractivity contribution in [2.24, 2.45) is 0 Å². The topological polar surface area (TPSA) is 0 Å². The van der Waals surface area contributed by atoms with Gasteiger partial charge in [0.2, 0.25) is 0 Å². The number of halogens is 2. The number of hydrogen-bond acceptors (Lipinski definition) is 0. The molecule has 2 atom stereocenters. The van der Waals surface area contributed by atoms with Crippen LogP contribution in [-0.4, -0.2) is 25.7 Å². The molecule has 176 valence electrons. The van der Waals surface area contributed by atoms with Crippen LogP contribution >= 0.6 is 15.8 Å². The summed E-state index contributed by atoms with van der Waals surface area (Å²) in [5.41, 5.74) is 6.37. The van der Waals surface area contributed by atoms with E-state index in [1.807, 2.05) is 5.31 Å². The van der Waals surface area contributed by atoms with Crippen LogP contribution in [-0.2, 0) is 23.2 Å². The molecule has 2 aromatic rings. The van der Waals surface area contributed by atoms with Crippen LogP contribution in [0.5, 0.6) is 0 Å². The van der Waals surface area contributed by atoms with Gasteiger partial charge in [-0.3, -0.25) is 0 Å². The molecular formula is C28H36Cl2P2Zr. The van der Waals surface area contributed by atoms with E-state index in [0.29, 0.717) is 0 Å². The molecule has 2 unspecified atom stereocenters. The Hall–Kier alpha value is 0.243. The van der Waals surface area contributed by atoms with Crippen molar-refractivity contribution in [1.82, 2.24) is 0 Å². The Morgan fingerprint density at radius 3 is 1.64 bits per heavy atom. The second-order valence-corrected chi connectivity index (χ2v) is 17.5. The van der Waals surface area contributed by atoms with Crippen molar-refractivity contribution in [3.05, 3.63) is 81.4 Å². The molecule has 0 saturated heterocycles. The summed E-state index contributed by atoms with van der Waals surface area (Å²) < 4.78 is 1.53. The van der Waals surface area contributed by atoms with Crippen LogP contribution in [0.3, 0.4) is 0 Å². The Kier molecular flexibility index (Phi) is 12.6. The summed E-state index contributed by atoms with van der Waals surface area (Å²) in [6.45, 7) is 9.65. The zero-order chi connectivity index (χ0) is 21.8. The third-order valence-corrected chi connectivity index (χ3v) is 16.7. The summed E-state index contributed by atoms with van der Waals surface area (Å²) in [7, 11) is -0.0205. The smallest absolute Gasteiger partial charge is 1.00 e. The van der Waals surface area contributed by atoms with Crippen molar-refractivity contribution in [3.63, 3.8) is 0 Å². The standard InChI is InChI=1S/C17H24P.C11H12P.2ClH.Zr/c1-3-5-11-18(12-6-4-2)17-13-15-9-7-8-10-16(15)14-17;1-12(2)11-7-9-5-3-4-6-10(9)8-11;;;/h7-10,13-14H,3-6,11-12H2,1-2H3;3-8H,1-2H3;2*1H;/q;;;;+2/p-2. The van der Waals surface area contributed by atoms with Gasteiger partial charge in [-0.05, 0) is 0 Å². The maximum absolute atomic E-state index is 2.66. The van der Waals surface area contributed by atoms with E-state index in [1.165, 1.54) is 49.1 Å². The second-order valence-electron chi connectivity index (χ2n) is 9.02. The van der Waals surface area contributed by atoms with E-state index in [4.69, 9.17) is 0 Å². The largest absolute Gasteiger partial charge is 1.00 e. The van der Waals surface area contributed by atoms with Crippen molar-refractivity contribution < 1.29 is 48.0 Å². The minimum Gasteiger partial charge on any atom is -1.00 e. The van der Waals surface area contributed by atoms with Crippen molar-refractivity contribution in [3.8, 4) is 0 Å². The first-order valence-electron chi connectivity index (χ1n) is 11.9. The number of rotatable bonds is 10. The number of fused-ring (bicyclic) bond motifs is 2. The average Bonchev–Trinajstić information content (AvgIpc) is 3.33. The van der Waals surface area contributed by atoms with E-state index in [-0.39, 0.29) is 40.7 Å². The quantitative estimate of drug-likeness (QED) is 0.370. The van der Waals surface area contributed by atoms with Crippen LogP contribution in [0.15, 0.2) is 59.2 Å². The molecule has 5 heteroatoms. The summed E-state index contributed by atoms with van der Waals surface area (Å²) in [4.78, 5) is 0. The van der Waals surface area contributed by atoms with Crippen molar-refractivity contribution in [2.75, 3.05) is 25.7 Å². The van der Waals surface area contributed by atoms with Gasteiger partial charge in [0.05, 0.1) is 0 Å². The van der Waals surface area contributed by atoms with E-state index >= 15 is 0 Å². The molecule has 0 aromatic heterocycles. The Morgan fingerprint density at radius 2 is 1.15 bits per heavy atom. The van der Waals surface area contributed by atoms with Crippen LogP contribution < -0.4 is 24.8 Å². The number of benzene rings is 2. The maximum Gasteiger partial charge on any atom is -1.00 e.